The first-order chi connectivity index (χ1) is 42.6. The van der Waals surface area contributed by atoms with Crippen LogP contribution in [0.4, 0.5) is 0 Å². The van der Waals surface area contributed by atoms with E-state index in [2.05, 4.69) is 111 Å². The average Bonchev–Trinajstić information content (AvgIpc) is 3.55. The third kappa shape index (κ3) is 73.3. The zero-order valence-electron chi connectivity index (χ0n) is 57.3. The van der Waals surface area contributed by atoms with Gasteiger partial charge < -0.3 is 14.6 Å². The highest BCUT2D eigenvalue weighted by molar-refractivity contribution is 5.70. The maximum absolute atomic E-state index is 12.4. The molecule has 0 saturated heterocycles. The molecule has 0 spiro atoms. The predicted octanol–water partition coefficient (Wildman–Crippen LogP) is 26.5. The van der Waals surface area contributed by atoms with E-state index in [-0.39, 0.29) is 25.2 Å². The molecule has 0 aromatic carbocycles. The van der Waals surface area contributed by atoms with Crippen molar-refractivity contribution >= 4 is 11.9 Å². The minimum Gasteiger partial charge on any atom is -0.462 e. The lowest BCUT2D eigenvalue weighted by Crippen LogP contribution is -2.28. The van der Waals surface area contributed by atoms with E-state index in [9.17, 15) is 14.7 Å². The van der Waals surface area contributed by atoms with Crippen LogP contribution in [0.3, 0.4) is 0 Å². The molecular weight excluding hydrogens is 1050 g/mol. The van der Waals surface area contributed by atoms with Gasteiger partial charge in [-0.25, -0.2) is 0 Å². The molecule has 0 bridgehead atoms. The molecule has 1 N–H and O–H groups in total. The molecule has 0 rings (SSSR count). The molecule has 0 saturated carbocycles. The van der Waals surface area contributed by atoms with Crippen LogP contribution in [-0.2, 0) is 19.1 Å². The Labute approximate surface area is 536 Å². The van der Waals surface area contributed by atoms with Crippen molar-refractivity contribution in [3.63, 3.8) is 0 Å². The minimum absolute atomic E-state index is 0.0653. The Bertz CT molecular complexity index is 1600. The van der Waals surface area contributed by atoms with Gasteiger partial charge >= 0.3 is 11.9 Å². The fraction of sp³-hybridized carbons (Fsp3) is 0.778. The summed E-state index contributed by atoms with van der Waals surface area (Å²) in [6, 6.07) is 0. The predicted molar refractivity (Wildman–Crippen MR) is 380 cm³/mol. The summed E-state index contributed by atoms with van der Waals surface area (Å²) in [7, 11) is 0. The first-order valence-electron chi connectivity index (χ1n) is 37.8. The van der Waals surface area contributed by atoms with E-state index in [0.29, 0.717) is 12.8 Å². The summed E-state index contributed by atoms with van der Waals surface area (Å²) in [4.78, 5) is 24.7. The Balaban J connectivity index is 3.43. The normalized spacial score (nSPS) is 12.7. The molecule has 0 heterocycles. The summed E-state index contributed by atoms with van der Waals surface area (Å²) < 4.78 is 10.8. The van der Waals surface area contributed by atoms with Gasteiger partial charge in [-0.2, -0.15) is 0 Å². The fourth-order valence-electron chi connectivity index (χ4n) is 11.2. The summed E-state index contributed by atoms with van der Waals surface area (Å²) in [5.41, 5.74) is 0. The lowest BCUT2D eigenvalue weighted by molar-refractivity contribution is -0.161. The largest absolute Gasteiger partial charge is 0.462 e. The van der Waals surface area contributed by atoms with E-state index < -0.39 is 6.10 Å². The van der Waals surface area contributed by atoms with Gasteiger partial charge in [0.25, 0.3) is 0 Å². The van der Waals surface area contributed by atoms with Gasteiger partial charge in [0.15, 0.2) is 6.10 Å². The lowest BCUT2D eigenvalue weighted by Gasteiger charge is -2.15. The van der Waals surface area contributed by atoms with Crippen LogP contribution in [0.25, 0.3) is 0 Å². The van der Waals surface area contributed by atoms with Crippen LogP contribution < -0.4 is 0 Å². The van der Waals surface area contributed by atoms with Crippen LogP contribution in [0, 0.1) is 0 Å². The van der Waals surface area contributed by atoms with Crippen molar-refractivity contribution in [2.24, 2.45) is 0 Å². The molecule has 0 radical (unpaired) electrons. The van der Waals surface area contributed by atoms with E-state index in [0.717, 1.165) is 83.5 Å². The van der Waals surface area contributed by atoms with Crippen LogP contribution in [0.5, 0.6) is 0 Å². The quantitative estimate of drug-likeness (QED) is 0.0373. The Morgan fingerprint density at radius 1 is 0.279 bits per heavy atom. The second kappa shape index (κ2) is 76.1. The van der Waals surface area contributed by atoms with Crippen LogP contribution in [0.1, 0.15) is 386 Å². The summed E-state index contributed by atoms with van der Waals surface area (Å²) in [6.07, 6.45) is 109. The number of rotatable bonds is 70. The maximum atomic E-state index is 12.4. The number of aliphatic hydroxyl groups excluding tert-OH is 1. The molecule has 86 heavy (non-hydrogen) atoms. The molecule has 0 aliphatic rings. The fourth-order valence-corrected chi connectivity index (χ4v) is 11.2. The molecule has 0 aromatic rings. The number of ether oxygens (including phenoxy) is 2. The highest BCUT2D eigenvalue weighted by atomic mass is 16.6. The molecule has 0 fully saturated rings. The summed E-state index contributed by atoms with van der Waals surface area (Å²) in [5.74, 6) is -0.577. The van der Waals surface area contributed by atoms with E-state index in [1.807, 2.05) is 0 Å². The molecule has 0 aliphatic carbocycles. The van der Waals surface area contributed by atoms with Gasteiger partial charge in [0, 0.05) is 12.8 Å². The standard InChI is InChI=1S/C81H144O5/c1-3-5-7-9-11-13-15-17-19-21-23-25-27-29-31-33-35-37-39-40-42-43-45-47-49-51-53-55-57-59-61-63-65-67-69-71-73-75-80(83)85-78-79(77-82)86-81(84)76-74-72-70-68-66-64-62-60-58-56-54-52-50-48-46-44-41-38-36-34-32-30-28-26-24-22-20-18-16-14-12-10-8-6-4-2/h6,8,12,14,18,20-21,23-24,26,30,32,36,38,44,46,79,82H,3-5,7,9-11,13,15-17,19,22,25,27-29,31,33-35,37,39-43,45,47-78H2,1-2H3/b8-6-,14-12-,20-18-,23-21-,26-24-,32-30-,38-36-,46-44-. The summed E-state index contributed by atoms with van der Waals surface area (Å²) in [6.45, 7) is 4.07. The van der Waals surface area contributed by atoms with Crippen molar-refractivity contribution in [2.45, 2.75) is 392 Å². The molecule has 5 heteroatoms. The first kappa shape index (κ1) is 82.8. The van der Waals surface area contributed by atoms with Gasteiger partial charge in [-0.05, 0) is 96.3 Å². The third-order valence-electron chi connectivity index (χ3n) is 16.9. The minimum atomic E-state index is -0.777. The number of carbonyl (C=O) groups is 2. The highest BCUT2D eigenvalue weighted by Gasteiger charge is 2.16. The molecular formula is C81H144O5. The lowest BCUT2D eigenvalue weighted by atomic mass is 10.0. The van der Waals surface area contributed by atoms with Crippen molar-refractivity contribution in [2.75, 3.05) is 13.2 Å². The van der Waals surface area contributed by atoms with Crippen LogP contribution in [0.15, 0.2) is 97.2 Å². The van der Waals surface area contributed by atoms with Crippen LogP contribution in [-0.4, -0.2) is 36.4 Å². The monoisotopic (exact) mass is 1200 g/mol. The van der Waals surface area contributed by atoms with Gasteiger partial charge in [0.1, 0.15) is 6.61 Å². The Morgan fingerprint density at radius 2 is 0.500 bits per heavy atom. The van der Waals surface area contributed by atoms with E-state index in [1.165, 1.54) is 276 Å². The van der Waals surface area contributed by atoms with Gasteiger partial charge in [0.2, 0.25) is 0 Å². The van der Waals surface area contributed by atoms with Gasteiger partial charge in [-0.3, -0.25) is 9.59 Å². The van der Waals surface area contributed by atoms with Crippen molar-refractivity contribution in [1.29, 1.82) is 0 Å². The third-order valence-corrected chi connectivity index (χ3v) is 16.9. The second-order valence-electron chi connectivity index (χ2n) is 25.3. The molecule has 1 unspecified atom stereocenters. The summed E-state index contributed by atoms with van der Waals surface area (Å²) in [5, 5.41) is 9.72. The molecule has 0 aromatic heterocycles. The molecule has 5 nitrogen and oxygen atoms in total. The van der Waals surface area contributed by atoms with E-state index >= 15 is 0 Å². The second-order valence-corrected chi connectivity index (χ2v) is 25.3. The van der Waals surface area contributed by atoms with E-state index in [4.69, 9.17) is 9.47 Å². The van der Waals surface area contributed by atoms with Crippen molar-refractivity contribution in [1.82, 2.24) is 0 Å². The number of carbonyl (C=O) groups excluding carboxylic acids is 2. The molecule has 0 aliphatic heterocycles. The molecule has 0 amide bonds. The van der Waals surface area contributed by atoms with Crippen LogP contribution in [0.2, 0.25) is 0 Å². The van der Waals surface area contributed by atoms with Gasteiger partial charge in [0.05, 0.1) is 6.61 Å². The topological polar surface area (TPSA) is 72.8 Å². The van der Waals surface area contributed by atoms with Gasteiger partial charge in [-0.1, -0.05) is 374 Å². The SMILES string of the molecule is CC/C=C\C/C=C\C/C=C\C/C=C\C/C=C\C/C=C\C/C=C\CCCCCCCCCCCCCCCC(=O)OC(CO)COC(=O)CCCCCCCCCCCCCCCCCCCCCCCCCCC/C=C\CCCCCCCCCC. The highest BCUT2D eigenvalue weighted by Crippen LogP contribution is 2.19. The Morgan fingerprint density at radius 3 is 0.767 bits per heavy atom. The number of esters is 2. The van der Waals surface area contributed by atoms with Crippen LogP contribution >= 0.6 is 0 Å². The number of hydrogen-bond acceptors (Lipinski definition) is 5. The Hall–Kier alpha value is -3.18. The molecule has 1 atom stereocenters. The number of unbranched alkanes of at least 4 members (excludes halogenated alkanes) is 46. The number of hydrogen-bond donors (Lipinski definition) is 1. The smallest absolute Gasteiger partial charge is 0.306 e. The Kier molecular flexibility index (Phi) is 73.3. The number of allylic oxidation sites excluding steroid dienone is 16. The van der Waals surface area contributed by atoms with Crippen molar-refractivity contribution < 1.29 is 24.2 Å². The van der Waals surface area contributed by atoms with Gasteiger partial charge in [-0.15, -0.1) is 0 Å². The van der Waals surface area contributed by atoms with Crippen molar-refractivity contribution in [3.8, 4) is 0 Å². The van der Waals surface area contributed by atoms with E-state index in [1.54, 1.807) is 0 Å². The number of aliphatic hydroxyl groups is 1. The summed E-state index contributed by atoms with van der Waals surface area (Å²) >= 11 is 0. The maximum Gasteiger partial charge on any atom is 0.306 e. The first-order valence-corrected chi connectivity index (χ1v) is 37.8. The van der Waals surface area contributed by atoms with Crippen molar-refractivity contribution in [3.05, 3.63) is 97.2 Å². The zero-order valence-corrected chi connectivity index (χ0v) is 57.3. The average molecular weight is 1200 g/mol. The molecule has 498 valence electrons. The zero-order chi connectivity index (χ0) is 61.9.